The summed E-state index contributed by atoms with van der Waals surface area (Å²) in [4.78, 5) is 55.0. The van der Waals surface area contributed by atoms with Gasteiger partial charge in [0.15, 0.2) is 11.2 Å². The van der Waals surface area contributed by atoms with E-state index in [1.54, 1.807) is 13.1 Å². The average molecular weight is 820 g/mol. The zero-order valence-corrected chi connectivity index (χ0v) is 35.2. The molecular weight excluding hydrogens is 763 g/mol. The fourth-order valence-corrected chi connectivity index (χ4v) is 10.8. The zero-order valence-electron chi connectivity index (χ0n) is 35.2. The first kappa shape index (κ1) is 41.7. The van der Waals surface area contributed by atoms with Crippen molar-refractivity contribution in [2.45, 2.75) is 97.7 Å². The minimum atomic E-state index is -0.371. The first-order valence-corrected chi connectivity index (χ1v) is 21.7. The van der Waals surface area contributed by atoms with Gasteiger partial charge in [-0.3, -0.25) is 24.5 Å². The summed E-state index contributed by atoms with van der Waals surface area (Å²) in [6.07, 6.45) is 10.1. The van der Waals surface area contributed by atoms with E-state index < -0.39 is 0 Å². The van der Waals surface area contributed by atoms with Crippen LogP contribution in [0, 0.1) is 23.7 Å². The summed E-state index contributed by atoms with van der Waals surface area (Å²) in [6, 6.07) is 3.49. The standard InChI is InChI=1S/C48H57N3O9/c1-5-59-47(56)27-13-8-26(9-14-27)20-51-35-19-30(22-53)37-36-29(21-52)18-34(49)40-42(36)38-32(16-24(2)17-33-39(38)43(37)41(35)45(55)46(33)58-4)31(44(40)54)15-10-25-6-11-28(12-7-25)48(57)60-23-50-3/h16,18-19,25-28,50-53H,5-15,17,20-23,49H2,1-4H3. The van der Waals surface area contributed by atoms with Gasteiger partial charge in [0.1, 0.15) is 6.73 Å². The second kappa shape index (κ2) is 17.1. The van der Waals surface area contributed by atoms with Crippen LogP contribution in [0.25, 0.3) is 49.2 Å². The van der Waals surface area contributed by atoms with Crippen molar-refractivity contribution in [2.75, 3.05) is 45.1 Å². The molecular formula is C48H57N3O9. The van der Waals surface area contributed by atoms with Crippen LogP contribution in [0.4, 0.5) is 11.4 Å². The van der Waals surface area contributed by atoms with Crippen LogP contribution < -0.4 is 32.0 Å². The van der Waals surface area contributed by atoms with Gasteiger partial charge in [0, 0.05) is 39.8 Å². The quantitative estimate of drug-likeness (QED) is 0.0264. The maximum Gasteiger partial charge on any atom is 0.310 e. The third-order valence-electron chi connectivity index (χ3n) is 13.7. The summed E-state index contributed by atoms with van der Waals surface area (Å²) in [6.45, 7) is 4.22. The summed E-state index contributed by atoms with van der Waals surface area (Å²) in [5, 5.41) is 33.5. The van der Waals surface area contributed by atoms with Crippen LogP contribution in [0.5, 0.6) is 5.75 Å². The van der Waals surface area contributed by atoms with Crippen molar-refractivity contribution in [1.82, 2.24) is 5.32 Å². The molecule has 0 bridgehead atoms. The van der Waals surface area contributed by atoms with E-state index >= 15 is 0 Å². The van der Waals surface area contributed by atoms with Gasteiger partial charge in [-0.25, -0.2) is 0 Å². The van der Waals surface area contributed by atoms with E-state index in [1.165, 1.54) is 7.11 Å². The lowest BCUT2D eigenvalue weighted by Gasteiger charge is -2.28. The predicted molar refractivity (Wildman–Crippen MR) is 236 cm³/mol. The summed E-state index contributed by atoms with van der Waals surface area (Å²) < 4.78 is 16.7. The minimum Gasteiger partial charge on any atom is -0.492 e. The Bertz CT molecular complexity index is 2620. The molecule has 8 rings (SSSR count). The van der Waals surface area contributed by atoms with E-state index in [9.17, 15) is 29.4 Å². The molecule has 318 valence electrons. The molecule has 60 heavy (non-hydrogen) atoms. The highest BCUT2D eigenvalue weighted by Crippen LogP contribution is 2.51. The fourth-order valence-electron chi connectivity index (χ4n) is 10.8. The van der Waals surface area contributed by atoms with Crippen LogP contribution in [0.3, 0.4) is 0 Å². The smallest absolute Gasteiger partial charge is 0.310 e. The molecule has 3 aliphatic carbocycles. The van der Waals surface area contributed by atoms with Crippen LogP contribution in [-0.2, 0) is 45.1 Å². The molecule has 0 saturated heterocycles. The largest absolute Gasteiger partial charge is 0.492 e. The molecule has 0 aromatic heterocycles. The first-order chi connectivity index (χ1) is 29.0. The van der Waals surface area contributed by atoms with Gasteiger partial charge in [0.25, 0.3) is 0 Å². The zero-order chi connectivity index (χ0) is 42.4. The Labute approximate surface area is 349 Å². The van der Waals surface area contributed by atoms with Gasteiger partial charge in [0.2, 0.25) is 5.43 Å². The average Bonchev–Trinajstić information content (AvgIpc) is 3.40. The number of benzene rings is 5. The number of ether oxygens (including phenoxy) is 3. The third kappa shape index (κ3) is 7.10. The van der Waals surface area contributed by atoms with E-state index in [2.05, 4.69) is 16.7 Å². The number of nitrogen functional groups attached to an aromatic ring is 1. The second-order valence-electron chi connectivity index (χ2n) is 17.3. The van der Waals surface area contributed by atoms with E-state index in [4.69, 9.17) is 19.9 Å². The molecule has 2 saturated carbocycles. The van der Waals surface area contributed by atoms with Crippen LogP contribution >= 0.6 is 0 Å². The Morgan fingerprint density at radius 3 is 2.02 bits per heavy atom. The first-order valence-electron chi connectivity index (χ1n) is 21.7. The molecule has 3 aliphatic rings. The fraction of sp³-hybridized carbons (Fsp3) is 0.500. The molecule has 5 aromatic carbocycles. The molecule has 0 amide bonds. The van der Waals surface area contributed by atoms with E-state index in [0.717, 1.165) is 85.3 Å². The van der Waals surface area contributed by atoms with Crippen LogP contribution in [0.1, 0.15) is 99.5 Å². The lowest BCUT2D eigenvalue weighted by Crippen LogP contribution is -2.27. The summed E-state index contributed by atoms with van der Waals surface area (Å²) in [5.74, 6) is 0.269. The molecule has 0 spiro atoms. The van der Waals surface area contributed by atoms with Crippen LogP contribution in [0.15, 0.2) is 27.3 Å². The van der Waals surface area contributed by atoms with Crippen molar-refractivity contribution in [2.24, 2.45) is 23.7 Å². The second-order valence-corrected chi connectivity index (χ2v) is 17.3. The number of allylic oxidation sites excluding steroid dienone is 1. The van der Waals surface area contributed by atoms with Gasteiger partial charge < -0.3 is 35.5 Å². The lowest BCUT2D eigenvalue weighted by molar-refractivity contribution is -0.151. The molecule has 12 heteroatoms. The number of aliphatic hydroxyl groups is 2. The Morgan fingerprint density at radius 2 is 1.40 bits per heavy atom. The molecule has 0 aliphatic heterocycles. The Morgan fingerprint density at radius 1 is 0.783 bits per heavy atom. The van der Waals surface area contributed by atoms with E-state index in [1.807, 2.05) is 19.9 Å². The van der Waals surface area contributed by atoms with Gasteiger partial charge in [-0.1, -0.05) is 11.6 Å². The number of carbonyl (C=O) groups excluding carboxylic acids is 2. The van der Waals surface area contributed by atoms with Gasteiger partial charge in [0.05, 0.1) is 49.5 Å². The number of hydrogen-bond donors (Lipinski definition) is 5. The van der Waals surface area contributed by atoms with Crippen molar-refractivity contribution in [1.29, 1.82) is 0 Å². The Kier molecular flexibility index (Phi) is 11.9. The van der Waals surface area contributed by atoms with Crippen molar-refractivity contribution < 1.29 is 34.0 Å². The number of fused-ring (bicyclic) bond motifs is 1. The predicted octanol–water partition coefficient (Wildman–Crippen LogP) is 6.67. The summed E-state index contributed by atoms with van der Waals surface area (Å²) >= 11 is 0. The number of nitrogens with one attached hydrogen (secondary N) is 2. The maximum absolute atomic E-state index is 15.0. The number of rotatable bonds is 14. The molecule has 0 unspecified atom stereocenters. The highest BCUT2D eigenvalue weighted by atomic mass is 16.5. The van der Waals surface area contributed by atoms with Gasteiger partial charge in [-0.15, -0.1) is 0 Å². The molecule has 0 heterocycles. The molecule has 0 radical (unpaired) electrons. The van der Waals surface area contributed by atoms with Crippen molar-refractivity contribution >= 4 is 72.5 Å². The maximum atomic E-state index is 15.0. The van der Waals surface area contributed by atoms with E-state index in [-0.39, 0.29) is 71.9 Å². The van der Waals surface area contributed by atoms with Crippen LogP contribution in [0.2, 0.25) is 0 Å². The minimum absolute atomic E-state index is 0.106. The number of anilines is 2. The SMILES string of the molecule is CCOC(=O)C1CCC(CNc2cc(CO)c3c4c(CO)cc(N)c5c(=O)c(CCC6CCC(C(=O)OCNC)CC6)c6c(c7c(c(OC)c(=O)c2c37)CC(C)=C6)c54)CC1. The molecule has 5 aromatic rings. The van der Waals surface area contributed by atoms with Crippen molar-refractivity contribution in [3.63, 3.8) is 0 Å². The number of aliphatic hydroxyl groups excluding tert-OH is 2. The number of carbonyl (C=O) groups is 2. The lowest BCUT2D eigenvalue weighted by atomic mass is 9.78. The highest BCUT2D eigenvalue weighted by Gasteiger charge is 2.34. The number of methoxy groups -OCH3 is 1. The highest BCUT2D eigenvalue weighted by molar-refractivity contribution is 6.38. The number of esters is 2. The number of hydrogen-bond acceptors (Lipinski definition) is 12. The Balaban J connectivity index is 1.31. The number of nitrogens with two attached hydrogens (primary N) is 1. The molecule has 0 atom stereocenters. The molecule has 6 N–H and O–H groups in total. The van der Waals surface area contributed by atoms with Crippen molar-refractivity contribution in [3.05, 3.63) is 66.0 Å². The van der Waals surface area contributed by atoms with Gasteiger partial charge in [-0.2, -0.15) is 0 Å². The Hall–Kier alpha value is -5.04. The molecule has 12 nitrogen and oxygen atoms in total. The third-order valence-corrected chi connectivity index (χ3v) is 13.7. The van der Waals surface area contributed by atoms with E-state index in [0.29, 0.717) is 86.6 Å². The monoisotopic (exact) mass is 819 g/mol. The molecule has 2 fully saturated rings. The topological polar surface area (TPSA) is 187 Å². The van der Waals surface area contributed by atoms with Crippen LogP contribution in [-0.4, -0.2) is 56.2 Å². The van der Waals surface area contributed by atoms with Gasteiger partial charge in [-0.05, 0) is 154 Å². The van der Waals surface area contributed by atoms with Crippen molar-refractivity contribution in [3.8, 4) is 5.75 Å². The van der Waals surface area contributed by atoms with Gasteiger partial charge >= 0.3 is 11.9 Å². The normalized spacial score (nSPS) is 20.5. The summed E-state index contributed by atoms with van der Waals surface area (Å²) in [5.41, 5.74) is 11.4. The summed E-state index contributed by atoms with van der Waals surface area (Å²) in [7, 11) is 3.26.